The molecule has 0 saturated heterocycles. The van der Waals surface area contributed by atoms with Crippen molar-refractivity contribution in [2.75, 3.05) is 7.11 Å². The number of rotatable bonds is 1. The van der Waals surface area contributed by atoms with Gasteiger partial charge in [0.1, 0.15) is 5.92 Å². The minimum Gasteiger partial charge on any atom is -0.468 e. The lowest BCUT2D eigenvalue weighted by Crippen LogP contribution is -2.20. The Balaban J connectivity index is 2.76. The lowest BCUT2D eigenvalue weighted by Gasteiger charge is -2.05. The van der Waals surface area contributed by atoms with Crippen LogP contribution in [0.5, 0.6) is 0 Å². The Morgan fingerprint density at radius 3 is 2.64 bits per heavy atom. The van der Waals surface area contributed by atoms with Gasteiger partial charge in [-0.3, -0.25) is 9.59 Å². The molecule has 0 radical (unpaired) electrons. The zero-order valence-corrected chi connectivity index (χ0v) is 6.42. The van der Waals surface area contributed by atoms with Gasteiger partial charge < -0.3 is 4.74 Å². The molecule has 1 aliphatic carbocycles. The summed E-state index contributed by atoms with van der Waals surface area (Å²) < 4.78 is 4.45. The topological polar surface area (TPSA) is 43.4 Å². The number of carbonyl (C=O) groups is 2. The summed E-state index contributed by atoms with van der Waals surface area (Å²) in [5, 5.41) is 0. The molecule has 1 fully saturated rings. The summed E-state index contributed by atoms with van der Waals surface area (Å²) in [6, 6.07) is 0. The zero-order chi connectivity index (χ0) is 8.43. The summed E-state index contributed by atoms with van der Waals surface area (Å²) >= 11 is 0. The summed E-state index contributed by atoms with van der Waals surface area (Å²) in [4.78, 5) is 22.0. The fourth-order valence-electron chi connectivity index (χ4n) is 1.22. The molecule has 3 nitrogen and oxygen atoms in total. The van der Waals surface area contributed by atoms with Gasteiger partial charge in [-0.15, -0.1) is 0 Å². The summed E-state index contributed by atoms with van der Waals surface area (Å²) in [6.45, 7) is 3.63. The molecular formula is C8H10O3. The average molecular weight is 154 g/mol. The molecule has 0 bridgehead atoms. The Morgan fingerprint density at radius 2 is 2.27 bits per heavy atom. The highest BCUT2D eigenvalue weighted by molar-refractivity contribution is 6.04. The molecule has 3 heteroatoms. The highest BCUT2D eigenvalue weighted by Crippen LogP contribution is 2.26. The van der Waals surface area contributed by atoms with Crippen LogP contribution in [-0.4, -0.2) is 18.9 Å². The van der Waals surface area contributed by atoms with Crippen molar-refractivity contribution in [3.63, 3.8) is 0 Å². The molecule has 0 aliphatic heterocycles. The fourth-order valence-corrected chi connectivity index (χ4v) is 1.22. The molecule has 1 unspecified atom stereocenters. The van der Waals surface area contributed by atoms with Crippen LogP contribution >= 0.6 is 0 Å². The number of hydrogen-bond donors (Lipinski definition) is 0. The van der Waals surface area contributed by atoms with Crippen LogP contribution in [0.2, 0.25) is 0 Å². The van der Waals surface area contributed by atoms with Crippen LogP contribution in [0.25, 0.3) is 0 Å². The van der Waals surface area contributed by atoms with E-state index < -0.39 is 11.9 Å². The number of hydrogen-bond acceptors (Lipinski definition) is 3. The van der Waals surface area contributed by atoms with Gasteiger partial charge in [0.25, 0.3) is 0 Å². The van der Waals surface area contributed by atoms with Gasteiger partial charge in [-0.25, -0.2) is 0 Å². The van der Waals surface area contributed by atoms with Crippen LogP contribution in [0.4, 0.5) is 0 Å². The normalized spacial score (nSPS) is 23.9. The Labute approximate surface area is 65.0 Å². The molecule has 1 aliphatic rings. The first kappa shape index (κ1) is 7.98. The molecule has 1 atom stereocenters. The fraction of sp³-hybridized carbons (Fsp3) is 0.500. The van der Waals surface area contributed by atoms with Gasteiger partial charge in [0.15, 0.2) is 5.78 Å². The van der Waals surface area contributed by atoms with E-state index in [2.05, 4.69) is 11.3 Å². The second kappa shape index (κ2) is 2.86. The number of esters is 1. The second-order valence-corrected chi connectivity index (χ2v) is 2.58. The first-order valence-electron chi connectivity index (χ1n) is 3.45. The molecule has 0 aromatic heterocycles. The summed E-state index contributed by atoms with van der Waals surface area (Å²) in [6.07, 6.45) is 1.05. The quantitative estimate of drug-likeness (QED) is 0.317. The monoisotopic (exact) mass is 154 g/mol. The van der Waals surface area contributed by atoms with Crippen molar-refractivity contribution in [2.45, 2.75) is 12.8 Å². The van der Waals surface area contributed by atoms with Gasteiger partial charge in [-0.2, -0.15) is 0 Å². The highest BCUT2D eigenvalue weighted by Gasteiger charge is 2.34. The average Bonchev–Trinajstić information content (AvgIpc) is 2.30. The third-order valence-corrected chi connectivity index (χ3v) is 1.86. The van der Waals surface area contributed by atoms with E-state index in [0.717, 1.165) is 0 Å². The largest absolute Gasteiger partial charge is 0.468 e. The van der Waals surface area contributed by atoms with E-state index >= 15 is 0 Å². The Hall–Kier alpha value is -1.12. The van der Waals surface area contributed by atoms with Gasteiger partial charge >= 0.3 is 5.97 Å². The lowest BCUT2D eigenvalue weighted by atomic mass is 10.0. The number of ether oxygens (including phenoxy) is 1. The van der Waals surface area contributed by atoms with E-state index in [1.165, 1.54) is 7.11 Å². The van der Waals surface area contributed by atoms with E-state index in [1.54, 1.807) is 0 Å². The standard InChI is InChI=1S/C8H10O3/c1-5-3-4-6(9)7(5)8(10)11-2/h7H,1,3-4H2,2H3. The smallest absolute Gasteiger partial charge is 0.320 e. The van der Waals surface area contributed by atoms with Crippen molar-refractivity contribution >= 4 is 11.8 Å². The maximum absolute atomic E-state index is 11.0. The van der Waals surface area contributed by atoms with Crippen LogP contribution in [0.15, 0.2) is 12.2 Å². The van der Waals surface area contributed by atoms with Crippen molar-refractivity contribution in [1.82, 2.24) is 0 Å². The van der Waals surface area contributed by atoms with E-state index in [-0.39, 0.29) is 5.78 Å². The summed E-state index contributed by atoms with van der Waals surface area (Å²) in [7, 11) is 1.28. The van der Waals surface area contributed by atoms with E-state index in [1.807, 2.05) is 0 Å². The number of Topliss-reactive ketones (excluding diaryl/α,β-unsaturated/α-hetero) is 1. The van der Waals surface area contributed by atoms with Gasteiger partial charge in [0.2, 0.25) is 0 Å². The van der Waals surface area contributed by atoms with Gasteiger partial charge in [-0.1, -0.05) is 12.2 Å². The maximum Gasteiger partial charge on any atom is 0.320 e. The molecular weight excluding hydrogens is 144 g/mol. The van der Waals surface area contributed by atoms with Crippen LogP contribution in [0.1, 0.15) is 12.8 Å². The molecule has 0 N–H and O–H groups in total. The van der Waals surface area contributed by atoms with Crippen LogP contribution < -0.4 is 0 Å². The maximum atomic E-state index is 11.0. The zero-order valence-electron chi connectivity index (χ0n) is 6.42. The Kier molecular flexibility index (Phi) is 2.08. The van der Waals surface area contributed by atoms with Crippen LogP contribution in [0, 0.1) is 5.92 Å². The van der Waals surface area contributed by atoms with Crippen molar-refractivity contribution in [2.24, 2.45) is 5.92 Å². The first-order valence-corrected chi connectivity index (χ1v) is 3.45. The van der Waals surface area contributed by atoms with Crippen molar-refractivity contribution < 1.29 is 14.3 Å². The summed E-state index contributed by atoms with van der Waals surface area (Å²) in [5.41, 5.74) is 0.682. The minimum atomic E-state index is -0.681. The van der Waals surface area contributed by atoms with Gasteiger partial charge in [-0.05, 0) is 6.42 Å². The Morgan fingerprint density at radius 1 is 1.64 bits per heavy atom. The number of methoxy groups -OCH3 is 1. The van der Waals surface area contributed by atoms with E-state index in [0.29, 0.717) is 18.4 Å². The molecule has 0 heterocycles. The third-order valence-electron chi connectivity index (χ3n) is 1.86. The molecule has 0 amide bonds. The van der Waals surface area contributed by atoms with E-state index in [4.69, 9.17) is 0 Å². The van der Waals surface area contributed by atoms with Crippen LogP contribution in [-0.2, 0) is 14.3 Å². The molecule has 0 aromatic carbocycles. The Bertz CT molecular complexity index is 201. The van der Waals surface area contributed by atoms with E-state index in [9.17, 15) is 9.59 Å². The predicted octanol–water partition coefficient (Wildman–Crippen LogP) is 0.695. The van der Waals surface area contributed by atoms with Crippen LogP contribution in [0.3, 0.4) is 0 Å². The molecule has 0 spiro atoms. The van der Waals surface area contributed by atoms with Crippen molar-refractivity contribution in [1.29, 1.82) is 0 Å². The minimum absolute atomic E-state index is 0.0677. The first-order chi connectivity index (χ1) is 5.16. The lowest BCUT2D eigenvalue weighted by molar-refractivity contribution is -0.146. The van der Waals surface area contributed by atoms with Gasteiger partial charge in [0.05, 0.1) is 7.11 Å². The molecule has 0 aromatic rings. The predicted molar refractivity (Wildman–Crippen MR) is 38.9 cm³/mol. The number of carbonyl (C=O) groups excluding carboxylic acids is 2. The number of ketones is 1. The molecule has 60 valence electrons. The van der Waals surface area contributed by atoms with Gasteiger partial charge in [0, 0.05) is 6.42 Å². The molecule has 11 heavy (non-hydrogen) atoms. The van der Waals surface area contributed by atoms with Crippen molar-refractivity contribution in [3.05, 3.63) is 12.2 Å². The summed E-state index contributed by atoms with van der Waals surface area (Å²) in [5.74, 6) is -1.22. The highest BCUT2D eigenvalue weighted by atomic mass is 16.5. The van der Waals surface area contributed by atoms with Crippen molar-refractivity contribution in [3.8, 4) is 0 Å². The molecule has 1 rings (SSSR count). The SMILES string of the molecule is C=C1CCC(=O)C1C(=O)OC. The molecule has 1 saturated carbocycles. The second-order valence-electron chi connectivity index (χ2n) is 2.58. The third kappa shape index (κ3) is 1.31.